The van der Waals surface area contributed by atoms with Crippen LogP contribution in [0, 0.1) is 17.1 Å². The molecule has 4 aromatic rings. The highest BCUT2D eigenvalue weighted by Gasteiger charge is 2.51. The van der Waals surface area contributed by atoms with Crippen molar-refractivity contribution in [2.45, 2.75) is 49.7 Å². The Hall–Kier alpha value is -3.84. The molecule has 0 saturated heterocycles. The Morgan fingerprint density at radius 3 is 2.62 bits per heavy atom. The number of fused-ring (bicyclic) bond motifs is 1. The molecule has 2 saturated carbocycles. The minimum absolute atomic E-state index is 0.0979. The van der Waals surface area contributed by atoms with E-state index in [-0.39, 0.29) is 40.9 Å². The molecule has 6 rings (SSSR count). The number of hydrogen-bond acceptors (Lipinski definition) is 6. The van der Waals surface area contributed by atoms with Gasteiger partial charge < -0.3 is 10.6 Å². The molecule has 0 spiro atoms. The average Bonchev–Trinajstić information content (AvgIpc) is 3.83. The highest BCUT2D eigenvalue weighted by molar-refractivity contribution is 6.35. The second-order valence-electron chi connectivity index (χ2n) is 9.42. The Labute approximate surface area is 216 Å². The minimum atomic E-state index is -2.62. The molecule has 2 aromatic carbocycles. The van der Waals surface area contributed by atoms with Crippen LogP contribution in [0.3, 0.4) is 0 Å². The SMILES string of the molecule is [2H]C(Nc1cc(Cl)c2ncc(C#N)c(NC3(C(F)F)CC3)c2c1)(c1ccc(F)cc1)c1cn(C2CC2)nn1. The highest BCUT2D eigenvalue weighted by Crippen LogP contribution is 2.46. The molecule has 2 aliphatic rings. The summed E-state index contributed by atoms with van der Waals surface area (Å²) in [7, 11) is 0. The molecular weight excluding hydrogens is 503 g/mol. The van der Waals surface area contributed by atoms with Crippen LogP contribution < -0.4 is 10.6 Å². The van der Waals surface area contributed by atoms with E-state index in [0.29, 0.717) is 22.2 Å². The summed E-state index contributed by atoms with van der Waals surface area (Å²) in [6.07, 6.45) is 2.84. The van der Waals surface area contributed by atoms with Gasteiger partial charge in [0.15, 0.2) is 0 Å². The van der Waals surface area contributed by atoms with Crippen molar-refractivity contribution in [3.8, 4) is 6.07 Å². The first-order valence-electron chi connectivity index (χ1n) is 12.3. The van der Waals surface area contributed by atoms with Gasteiger partial charge in [0, 0.05) is 17.3 Å². The monoisotopic (exact) mass is 524 g/mol. The lowest BCUT2D eigenvalue weighted by Gasteiger charge is -2.22. The Bertz CT molecular complexity index is 1580. The first kappa shape index (κ1) is 22.4. The van der Waals surface area contributed by atoms with Crippen LogP contribution in [-0.2, 0) is 0 Å². The first-order chi connectivity index (χ1) is 18.2. The third kappa shape index (κ3) is 4.44. The number of rotatable bonds is 8. The number of pyridine rings is 1. The fourth-order valence-electron chi connectivity index (χ4n) is 4.29. The molecule has 2 aromatic heterocycles. The van der Waals surface area contributed by atoms with Crippen LogP contribution in [0.5, 0.6) is 0 Å². The van der Waals surface area contributed by atoms with Gasteiger partial charge in [-0.05, 0) is 55.5 Å². The summed E-state index contributed by atoms with van der Waals surface area (Å²) in [5.74, 6) is -0.453. The Morgan fingerprint density at radius 1 is 1.22 bits per heavy atom. The van der Waals surface area contributed by atoms with Gasteiger partial charge in [-0.15, -0.1) is 5.10 Å². The summed E-state index contributed by atoms with van der Waals surface area (Å²) in [6, 6.07) is 9.19. The zero-order valence-corrected chi connectivity index (χ0v) is 20.1. The Balaban J connectivity index is 1.47. The lowest BCUT2D eigenvalue weighted by molar-refractivity contribution is 0.114. The van der Waals surface area contributed by atoms with E-state index in [1.807, 2.05) is 6.07 Å². The fourth-order valence-corrected chi connectivity index (χ4v) is 4.55. The van der Waals surface area contributed by atoms with Gasteiger partial charge >= 0.3 is 0 Å². The summed E-state index contributed by atoms with van der Waals surface area (Å²) in [5, 5.41) is 24.7. The molecule has 0 amide bonds. The maximum absolute atomic E-state index is 13.8. The van der Waals surface area contributed by atoms with Gasteiger partial charge in [-0.2, -0.15) is 5.26 Å². The van der Waals surface area contributed by atoms with Crippen LogP contribution in [0.1, 0.15) is 55.9 Å². The van der Waals surface area contributed by atoms with Crippen LogP contribution >= 0.6 is 11.6 Å². The second kappa shape index (κ2) is 8.92. The van der Waals surface area contributed by atoms with Crippen molar-refractivity contribution >= 4 is 33.9 Å². The van der Waals surface area contributed by atoms with Crippen LogP contribution in [0.25, 0.3) is 10.9 Å². The largest absolute Gasteiger partial charge is 0.373 e. The summed E-state index contributed by atoms with van der Waals surface area (Å²) >= 11 is 6.57. The van der Waals surface area contributed by atoms with Gasteiger partial charge in [0.2, 0.25) is 0 Å². The van der Waals surface area contributed by atoms with E-state index in [4.69, 9.17) is 11.6 Å². The summed E-state index contributed by atoms with van der Waals surface area (Å²) in [6.45, 7) is 0. The first-order valence-corrected chi connectivity index (χ1v) is 12.2. The van der Waals surface area contributed by atoms with E-state index >= 15 is 0 Å². The zero-order chi connectivity index (χ0) is 26.7. The molecule has 1 atom stereocenters. The minimum Gasteiger partial charge on any atom is -0.373 e. The molecule has 0 radical (unpaired) electrons. The molecule has 188 valence electrons. The van der Waals surface area contributed by atoms with Gasteiger partial charge in [0.1, 0.15) is 17.6 Å². The number of anilines is 2. The zero-order valence-electron chi connectivity index (χ0n) is 20.3. The lowest BCUT2D eigenvalue weighted by atomic mass is 10.0. The van der Waals surface area contributed by atoms with Crippen molar-refractivity contribution in [1.29, 1.82) is 5.26 Å². The number of nitriles is 1. The lowest BCUT2D eigenvalue weighted by Crippen LogP contribution is -2.30. The summed E-state index contributed by atoms with van der Waals surface area (Å²) in [5.41, 5.74) is 0.243. The molecule has 2 N–H and O–H groups in total. The number of nitrogens with zero attached hydrogens (tertiary/aromatic N) is 5. The van der Waals surface area contributed by atoms with Crippen molar-refractivity contribution in [3.63, 3.8) is 0 Å². The maximum Gasteiger partial charge on any atom is 0.261 e. The number of nitrogens with one attached hydrogen (secondary N) is 2. The third-order valence-corrected chi connectivity index (χ3v) is 7.00. The van der Waals surface area contributed by atoms with E-state index in [2.05, 4.69) is 25.9 Å². The van der Waals surface area contributed by atoms with Crippen LogP contribution in [0.2, 0.25) is 5.02 Å². The second-order valence-corrected chi connectivity index (χ2v) is 9.82. The molecular formula is C26H21ClF3N7. The number of halogens is 4. The van der Waals surface area contributed by atoms with Crippen LogP contribution in [0.15, 0.2) is 48.8 Å². The molecule has 2 aliphatic carbocycles. The number of aromatic nitrogens is 4. The highest BCUT2D eigenvalue weighted by atomic mass is 35.5. The summed E-state index contributed by atoms with van der Waals surface area (Å²) in [4.78, 5) is 4.28. The van der Waals surface area contributed by atoms with E-state index in [1.54, 1.807) is 23.0 Å². The number of benzene rings is 2. The topological polar surface area (TPSA) is 91.5 Å². The van der Waals surface area contributed by atoms with Crippen molar-refractivity contribution < 1.29 is 14.5 Å². The number of alkyl halides is 2. The van der Waals surface area contributed by atoms with E-state index in [1.165, 1.54) is 30.5 Å². The Kier molecular flexibility index (Phi) is 5.39. The molecule has 0 bridgehead atoms. The van der Waals surface area contributed by atoms with Gasteiger partial charge in [0.25, 0.3) is 6.43 Å². The Morgan fingerprint density at radius 2 is 1.97 bits per heavy atom. The van der Waals surface area contributed by atoms with E-state index in [9.17, 15) is 19.8 Å². The molecule has 11 heteroatoms. The predicted octanol–water partition coefficient (Wildman–Crippen LogP) is 6.24. The molecule has 37 heavy (non-hydrogen) atoms. The van der Waals surface area contributed by atoms with Crippen LogP contribution in [0.4, 0.5) is 24.5 Å². The summed E-state index contributed by atoms with van der Waals surface area (Å²) < 4.78 is 52.4. The normalized spacial score (nSPS) is 18.2. The van der Waals surface area contributed by atoms with Crippen molar-refractivity contribution in [2.24, 2.45) is 0 Å². The fraction of sp³-hybridized carbons (Fsp3) is 0.308. The molecule has 1 unspecified atom stereocenters. The molecule has 2 heterocycles. The average molecular weight is 525 g/mol. The standard InChI is InChI=1S/C26H21ClF3N7/c27-20-10-17(9-19-22(15(11-31)12-32-24(19)20)34-26(7-8-26)25(29)30)33-23(14-1-3-16(28)4-2-14)21-13-37(36-35-21)18-5-6-18/h1-4,9-10,12-13,18,23,25,33H,5-8H2,(H,32,34)/i23D. The molecule has 7 nitrogen and oxygen atoms in total. The predicted molar refractivity (Wildman–Crippen MR) is 133 cm³/mol. The van der Waals surface area contributed by atoms with Gasteiger partial charge in [-0.25, -0.2) is 17.9 Å². The van der Waals surface area contributed by atoms with Gasteiger partial charge in [0.05, 0.1) is 47.0 Å². The van der Waals surface area contributed by atoms with Crippen molar-refractivity contribution in [2.75, 3.05) is 10.6 Å². The van der Waals surface area contributed by atoms with Gasteiger partial charge in [-0.3, -0.25) is 4.98 Å². The van der Waals surface area contributed by atoms with Crippen molar-refractivity contribution in [3.05, 3.63) is 76.5 Å². The quantitative estimate of drug-likeness (QED) is 0.284. The number of hydrogen-bond donors (Lipinski definition) is 2. The molecule has 0 aliphatic heterocycles. The maximum atomic E-state index is 13.8. The van der Waals surface area contributed by atoms with E-state index < -0.39 is 23.8 Å². The van der Waals surface area contributed by atoms with Crippen LogP contribution in [-0.4, -0.2) is 31.9 Å². The van der Waals surface area contributed by atoms with E-state index in [0.717, 1.165) is 12.8 Å². The smallest absolute Gasteiger partial charge is 0.261 e. The van der Waals surface area contributed by atoms with Gasteiger partial charge in [-0.1, -0.05) is 28.9 Å². The van der Waals surface area contributed by atoms with Crippen molar-refractivity contribution in [1.82, 2.24) is 20.0 Å². The molecule has 2 fully saturated rings. The third-order valence-electron chi connectivity index (χ3n) is 6.72.